The minimum absolute atomic E-state index is 0.0859. The summed E-state index contributed by atoms with van der Waals surface area (Å²) in [7, 11) is -1.08. The Morgan fingerprint density at radius 3 is 2.31 bits per heavy atom. The van der Waals surface area contributed by atoms with Gasteiger partial charge in [-0.15, -0.1) is 17.7 Å². The molecular weight excluding hydrogens is 503 g/mol. The Morgan fingerprint density at radius 2 is 1.69 bits per heavy atom. The van der Waals surface area contributed by atoms with Gasteiger partial charge >= 0.3 is 21.2 Å². The fourth-order valence-corrected chi connectivity index (χ4v) is 3.55. The normalized spacial score (nSPS) is 14.1. The first-order chi connectivity index (χ1) is 16.3. The van der Waals surface area contributed by atoms with Crippen molar-refractivity contribution in [2.75, 3.05) is 19.8 Å². The Morgan fingerprint density at radius 1 is 0.971 bits per heavy atom. The van der Waals surface area contributed by atoms with E-state index in [0.717, 1.165) is 12.1 Å². The molecule has 3 N–H and O–H groups in total. The molecule has 0 saturated heterocycles. The summed E-state index contributed by atoms with van der Waals surface area (Å²) in [6, 6.07) is 8.87. The molecule has 0 aliphatic carbocycles. The molecular formula is C22H25F6NO5P+. The highest BCUT2D eigenvalue weighted by Crippen LogP contribution is 2.37. The number of halogens is 6. The van der Waals surface area contributed by atoms with E-state index < -0.39 is 38.9 Å². The van der Waals surface area contributed by atoms with Crippen molar-refractivity contribution in [2.45, 2.75) is 43.8 Å². The van der Waals surface area contributed by atoms with Crippen LogP contribution in [0.2, 0.25) is 0 Å². The second-order valence-corrected chi connectivity index (χ2v) is 8.32. The third-order valence-corrected chi connectivity index (χ3v) is 5.26. The van der Waals surface area contributed by atoms with Crippen molar-refractivity contribution >= 4 is 8.69 Å². The molecule has 0 saturated carbocycles. The average molecular weight is 528 g/mol. The highest BCUT2D eigenvalue weighted by molar-refractivity contribution is 7.17. The second kappa shape index (κ2) is 12.5. The largest absolute Gasteiger partial charge is 0.573 e. The van der Waals surface area contributed by atoms with E-state index in [4.69, 9.17) is 15.0 Å². The van der Waals surface area contributed by atoms with Crippen LogP contribution in [0.5, 0.6) is 11.5 Å². The topological polar surface area (TPSA) is 91.0 Å². The van der Waals surface area contributed by atoms with Crippen LogP contribution in [-0.2, 0) is 28.1 Å². The number of ether oxygens (including phenoxy) is 2. The Labute approximate surface area is 199 Å². The van der Waals surface area contributed by atoms with Crippen molar-refractivity contribution in [1.82, 2.24) is 0 Å². The van der Waals surface area contributed by atoms with Crippen LogP contribution in [-0.4, -0.2) is 36.8 Å². The van der Waals surface area contributed by atoms with Gasteiger partial charge in [-0.05, 0) is 65.6 Å². The molecule has 2 aromatic carbocycles. The van der Waals surface area contributed by atoms with Gasteiger partial charge in [-0.3, -0.25) is 0 Å². The van der Waals surface area contributed by atoms with Crippen LogP contribution in [0.1, 0.15) is 29.5 Å². The predicted molar refractivity (Wildman–Crippen MR) is 116 cm³/mol. The Kier molecular flexibility index (Phi) is 10.3. The molecule has 0 aromatic heterocycles. The van der Waals surface area contributed by atoms with Crippen molar-refractivity contribution in [3.63, 3.8) is 0 Å². The standard InChI is InChI=1S/C22H25F6NO5P/c23-21(24,25)18-12-16(8-9-20(29,13-30)14-33-35-31)6-7-19(18)32-10-2-4-15-3-1-5-17(11-15)34-22(26,27)28/h1,3,5-7,11-12,30,35H,2,4,8-10,13-14,29H2/q+1. The van der Waals surface area contributed by atoms with E-state index in [2.05, 4.69) is 4.74 Å². The van der Waals surface area contributed by atoms with Crippen molar-refractivity contribution in [1.29, 1.82) is 0 Å². The van der Waals surface area contributed by atoms with Gasteiger partial charge in [0.2, 0.25) is 0 Å². The number of aliphatic hydroxyl groups excluding tert-OH is 1. The second-order valence-electron chi connectivity index (χ2n) is 7.87. The number of rotatable bonds is 13. The number of alkyl halides is 6. The minimum atomic E-state index is -4.82. The van der Waals surface area contributed by atoms with Gasteiger partial charge in [0, 0.05) is 0 Å². The highest BCUT2D eigenvalue weighted by atomic mass is 31.1. The number of hydrogen-bond acceptors (Lipinski definition) is 6. The molecule has 2 atom stereocenters. The molecule has 0 aliphatic heterocycles. The zero-order valence-corrected chi connectivity index (χ0v) is 19.4. The first-order valence-corrected chi connectivity index (χ1v) is 11.2. The number of hydrogen-bond donors (Lipinski definition) is 2. The van der Waals surface area contributed by atoms with E-state index >= 15 is 0 Å². The van der Waals surface area contributed by atoms with E-state index in [9.17, 15) is 36.0 Å². The number of aryl methyl sites for hydroxylation is 2. The lowest BCUT2D eigenvalue weighted by Crippen LogP contribution is -2.47. The maximum Gasteiger partial charge on any atom is 0.573 e. The molecule has 13 heteroatoms. The summed E-state index contributed by atoms with van der Waals surface area (Å²) in [5.41, 5.74) is 4.51. The summed E-state index contributed by atoms with van der Waals surface area (Å²) in [6.45, 7) is -0.823. The summed E-state index contributed by atoms with van der Waals surface area (Å²) in [5.74, 6) is -0.763. The van der Waals surface area contributed by atoms with Gasteiger partial charge in [-0.25, -0.2) is 0 Å². The summed E-state index contributed by atoms with van der Waals surface area (Å²) in [5, 5.41) is 9.42. The minimum Gasteiger partial charge on any atom is -0.493 e. The van der Waals surface area contributed by atoms with E-state index in [1.165, 1.54) is 24.3 Å². The van der Waals surface area contributed by atoms with Crippen LogP contribution in [0.4, 0.5) is 26.3 Å². The predicted octanol–water partition coefficient (Wildman–Crippen LogP) is 5.19. The Hall–Kier alpha value is -2.40. The first-order valence-electron chi connectivity index (χ1n) is 10.4. The molecule has 0 spiro atoms. The number of nitrogens with two attached hydrogens (primary N) is 1. The van der Waals surface area contributed by atoms with E-state index in [1.807, 2.05) is 0 Å². The lowest BCUT2D eigenvalue weighted by Gasteiger charge is -2.24. The van der Waals surface area contributed by atoms with Crippen molar-refractivity contribution in [2.24, 2.45) is 5.73 Å². The third-order valence-electron chi connectivity index (χ3n) is 4.99. The van der Waals surface area contributed by atoms with Crippen LogP contribution >= 0.6 is 8.69 Å². The quantitative estimate of drug-likeness (QED) is 0.211. The van der Waals surface area contributed by atoms with Crippen molar-refractivity contribution in [3.8, 4) is 11.5 Å². The van der Waals surface area contributed by atoms with Crippen LogP contribution in [0.3, 0.4) is 0 Å². The molecule has 0 radical (unpaired) electrons. The van der Waals surface area contributed by atoms with Gasteiger partial charge in [0.05, 0.1) is 24.3 Å². The van der Waals surface area contributed by atoms with Crippen LogP contribution in [0.25, 0.3) is 0 Å². The zero-order valence-electron chi connectivity index (χ0n) is 18.4. The van der Waals surface area contributed by atoms with Crippen LogP contribution in [0.15, 0.2) is 42.5 Å². The lowest BCUT2D eigenvalue weighted by atomic mass is 9.93. The monoisotopic (exact) mass is 528 g/mol. The van der Waals surface area contributed by atoms with Gasteiger partial charge in [0.15, 0.2) is 0 Å². The number of benzene rings is 2. The molecule has 2 rings (SSSR count). The summed E-state index contributed by atoms with van der Waals surface area (Å²) < 4.78 is 102. The molecule has 0 heterocycles. The van der Waals surface area contributed by atoms with Gasteiger partial charge in [-0.2, -0.15) is 13.2 Å². The molecule has 6 nitrogen and oxygen atoms in total. The fourth-order valence-electron chi connectivity index (χ4n) is 3.20. The highest BCUT2D eigenvalue weighted by Gasteiger charge is 2.35. The lowest BCUT2D eigenvalue weighted by molar-refractivity contribution is -0.274. The van der Waals surface area contributed by atoms with Crippen LogP contribution in [0, 0.1) is 0 Å². The van der Waals surface area contributed by atoms with Gasteiger partial charge < -0.3 is 20.3 Å². The van der Waals surface area contributed by atoms with Gasteiger partial charge in [-0.1, -0.05) is 18.2 Å². The maximum atomic E-state index is 13.6. The molecule has 0 amide bonds. The molecule has 2 aromatic rings. The van der Waals surface area contributed by atoms with Crippen LogP contribution < -0.4 is 15.2 Å². The third kappa shape index (κ3) is 10.0. The summed E-state index contributed by atoms with van der Waals surface area (Å²) in [4.78, 5) is 0. The Bertz CT molecular complexity index is 972. The molecule has 194 valence electrons. The van der Waals surface area contributed by atoms with E-state index in [-0.39, 0.29) is 50.4 Å². The smallest absolute Gasteiger partial charge is 0.493 e. The van der Waals surface area contributed by atoms with Crippen molar-refractivity contribution in [3.05, 3.63) is 59.2 Å². The summed E-state index contributed by atoms with van der Waals surface area (Å²) in [6.07, 6.45) is -8.82. The molecule has 0 aliphatic rings. The Balaban J connectivity index is 2.00. The van der Waals surface area contributed by atoms with Gasteiger partial charge in [0.1, 0.15) is 18.1 Å². The molecule has 0 fully saturated rings. The van der Waals surface area contributed by atoms with E-state index in [0.29, 0.717) is 11.1 Å². The average Bonchev–Trinajstić information content (AvgIpc) is 2.78. The summed E-state index contributed by atoms with van der Waals surface area (Å²) >= 11 is 0. The van der Waals surface area contributed by atoms with E-state index in [1.54, 1.807) is 6.07 Å². The number of aliphatic hydroxyl groups is 1. The fraction of sp³-hybridized carbons (Fsp3) is 0.455. The molecule has 0 bridgehead atoms. The first kappa shape index (κ1) is 28.8. The SMILES string of the molecule is NC(CO)(CCc1ccc(OCCCc2cccc(OC(F)(F)F)c2)c(C(F)(F)F)c1)CO[PH+]=O. The van der Waals surface area contributed by atoms with Crippen molar-refractivity contribution < 1.29 is 50.0 Å². The van der Waals surface area contributed by atoms with Gasteiger partial charge in [0.25, 0.3) is 0 Å². The maximum absolute atomic E-state index is 13.6. The zero-order chi connectivity index (χ0) is 26.1. The molecule has 2 unspecified atom stereocenters. The molecule has 35 heavy (non-hydrogen) atoms.